The molecule has 0 radical (unpaired) electrons. The Morgan fingerprint density at radius 2 is 0.797 bits per heavy atom. The molecule has 59 heavy (non-hydrogen) atoms. The van der Waals surface area contributed by atoms with Gasteiger partial charge in [-0.05, 0) is 101 Å². The van der Waals surface area contributed by atoms with E-state index >= 15 is 0 Å². The summed E-state index contributed by atoms with van der Waals surface area (Å²) in [6.45, 7) is 0. The van der Waals surface area contributed by atoms with Crippen LogP contribution in [0.15, 0.2) is 215 Å². The lowest BCUT2D eigenvalue weighted by Gasteiger charge is -2.28. The molecule has 0 fully saturated rings. The zero-order valence-electron chi connectivity index (χ0n) is 31.9. The van der Waals surface area contributed by atoms with E-state index in [0.29, 0.717) is 0 Å². The molecule has 2 heterocycles. The van der Waals surface area contributed by atoms with E-state index in [1.807, 2.05) is 24.3 Å². The highest BCUT2D eigenvalue weighted by Crippen LogP contribution is 2.40. The average Bonchev–Trinajstić information content (AvgIpc) is 3.87. The molecule has 0 saturated carbocycles. The van der Waals surface area contributed by atoms with Crippen LogP contribution in [0.1, 0.15) is 5.56 Å². The minimum Gasteiger partial charge on any atom is -0.456 e. The van der Waals surface area contributed by atoms with Crippen molar-refractivity contribution in [2.75, 3.05) is 0 Å². The van der Waals surface area contributed by atoms with Crippen LogP contribution in [0.25, 0.3) is 87.3 Å². The first kappa shape index (κ1) is 33.5. The first-order valence-corrected chi connectivity index (χ1v) is 22.1. The van der Waals surface area contributed by atoms with Crippen molar-refractivity contribution in [1.29, 1.82) is 0 Å². The van der Waals surface area contributed by atoms with E-state index in [9.17, 15) is 0 Å². The molecule has 274 valence electrons. The molecular formula is C56H34O2Si. The monoisotopic (exact) mass is 766 g/mol. The highest BCUT2D eigenvalue weighted by molar-refractivity contribution is 7.17. The van der Waals surface area contributed by atoms with E-state index in [1.165, 1.54) is 48.2 Å². The Morgan fingerprint density at radius 1 is 0.322 bits per heavy atom. The summed E-state index contributed by atoms with van der Waals surface area (Å²) >= 11 is 0. The molecule has 0 spiro atoms. The molecule has 12 rings (SSSR count). The second-order valence-electron chi connectivity index (χ2n) is 15.4. The second-order valence-corrected chi connectivity index (χ2v) is 18.9. The molecule has 0 amide bonds. The van der Waals surface area contributed by atoms with Gasteiger partial charge in [-0.2, -0.15) is 0 Å². The Balaban J connectivity index is 1.19. The quantitative estimate of drug-likeness (QED) is 0.0772. The van der Waals surface area contributed by atoms with E-state index in [4.69, 9.17) is 8.83 Å². The number of para-hydroxylation sites is 2. The van der Waals surface area contributed by atoms with Crippen molar-refractivity contribution in [3.8, 4) is 22.6 Å². The number of benzene rings is 10. The molecule has 3 heteroatoms. The molecule has 2 nitrogen and oxygen atoms in total. The summed E-state index contributed by atoms with van der Waals surface area (Å²) in [6, 6.07) is 74.1. The Kier molecular flexibility index (Phi) is 7.50. The molecule has 0 saturated heterocycles. The van der Waals surface area contributed by atoms with E-state index in [2.05, 4.69) is 193 Å². The molecule has 0 atom stereocenters. The number of hydrogen-bond acceptors (Lipinski definition) is 2. The maximum atomic E-state index is 6.39. The van der Waals surface area contributed by atoms with Gasteiger partial charge in [-0.3, -0.25) is 0 Å². The molecule has 12 aromatic rings. The van der Waals surface area contributed by atoms with Gasteiger partial charge in [0.2, 0.25) is 8.07 Å². The standard InChI is InChI=1S/C56H34O2Si/c1-2-16-40(17-3-1)59(41-28-30-54-50(35-41)46-20-10-12-24-52(46)57-54,42-29-31-55-51(36-42)47-21-11-13-25-53(47)58-55)33-32-45-43-18-6-8-22-48(43)56(49-23-9-7-19-44(45)49)39-27-26-37-14-4-5-15-38(37)34-39/h1-31,34-36H. The molecule has 10 aromatic carbocycles. The van der Waals surface area contributed by atoms with Crippen molar-refractivity contribution in [3.05, 3.63) is 212 Å². The third-order valence-electron chi connectivity index (χ3n) is 12.2. The van der Waals surface area contributed by atoms with E-state index in [-0.39, 0.29) is 0 Å². The first-order chi connectivity index (χ1) is 29.2. The topological polar surface area (TPSA) is 26.3 Å². The minimum absolute atomic E-state index is 0.872. The largest absolute Gasteiger partial charge is 0.456 e. The van der Waals surface area contributed by atoms with Gasteiger partial charge in [0.15, 0.2) is 0 Å². The normalized spacial score (nSPS) is 11.9. The summed E-state index contributed by atoms with van der Waals surface area (Å²) in [5, 5.41) is 15.1. The summed E-state index contributed by atoms with van der Waals surface area (Å²) < 4.78 is 12.8. The van der Waals surface area contributed by atoms with Crippen LogP contribution in [-0.2, 0) is 0 Å². The van der Waals surface area contributed by atoms with Crippen LogP contribution >= 0.6 is 0 Å². The number of rotatable bonds is 4. The van der Waals surface area contributed by atoms with E-state index in [0.717, 1.165) is 60.2 Å². The lowest BCUT2D eigenvalue weighted by atomic mass is 9.88. The Labute approximate surface area is 341 Å². The van der Waals surface area contributed by atoms with Crippen molar-refractivity contribution in [1.82, 2.24) is 0 Å². The zero-order valence-corrected chi connectivity index (χ0v) is 32.9. The van der Waals surface area contributed by atoms with Gasteiger partial charge in [0, 0.05) is 27.1 Å². The Morgan fingerprint density at radius 3 is 1.39 bits per heavy atom. The van der Waals surface area contributed by atoms with E-state index < -0.39 is 8.07 Å². The molecule has 0 aliphatic carbocycles. The van der Waals surface area contributed by atoms with Crippen molar-refractivity contribution in [3.63, 3.8) is 0 Å². The predicted octanol–water partition coefficient (Wildman–Crippen LogP) is 12.7. The SMILES string of the molecule is C(#C[Si](c1ccccc1)(c1ccc2oc3ccccc3c2c1)c1ccc2oc3ccccc3c2c1)c1c2ccccc2c(-c2ccc3ccccc3c2)c2ccccc12. The van der Waals surface area contributed by atoms with Gasteiger partial charge in [-0.15, -0.1) is 5.54 Å². The number of furan rings is 2. The van der Waals surface area contributed by atoms with Crippen LogP contribution in [-0.4, -0.2) is 8.07 Å². The van der Waals surface area contributed by atoms with Crippen molar-refractivity contribution < 1.29 is 8.83 Å². The molecule has 0 N–H and O–H groups in total. The molecular weight excluding hydrogens is 733 g/mol. The van der Waals surface area contributed by atoms with Crippen molar-refractivity contribution in [2.45, 2.75) is 0 Å². The Hall–Kier alpha value is -7.64. The van der Waals surface area contributed by atoms with Gasteiger partial charge in [-0.25, -0.2) is 0 Å². The van der Waals surface area contributed by atoms with E-state index in [1.54, 1.807) is 0 Å². The fourth-order valence-electron chi connectivity index (χ4n) is 9.40. The van der Waals surface area contributed by atoms with Gasteiger partial charge >= 0.3 is 0 Å². The molecule has 0 aliphatic heterocycles. The summed E-state index contributed by atoms with van der Waals surface area (Å²) in [5.74, 6) is 4.00. The van der Waals surface area contributed by atoms with Gasteiger partial charge in [0.1, 0.15) is 22.3 Å². The van der Waals surface area contributed by atoms with Crippen LogP contribution in [0.2, 0.25) is 0 Å². The molecule has 0 bridgehead atoms. The summed E-state index contributed by atoms with van der Waals surface area (Å²) in [5.41, 5.74) is 11.2. The Bertz CT molecular complexity index is 3520. The highest BCUT2D eigenvalue weighted by Gasteiger charge is 2.39. The fraction of sp³-hybridized carbons (Fsp3) is 0. The van der Waals surface area contributed by atoms with Gasteiger partial charge < -0.3 is 8.83 Å². The molecule has 0 aliphatic rings. The van der Waals surface area contributed by atoms with Gasteiger partial charge in [0.25, 0.3) is 0 Å². The summed E-state index contributed by atoms with van der Waals surface area (Å²) in [6.07, 6.45) is 0. The second kappa shape index (κ2) is 13.2. The molecule has 2 aromatic heterocycles. The van der Waals surface area contributed by atoms with Crippen LogP contribution in [0, 0.1) is 11.5 Å². The number of fused-ring (bicyclic) bond motifs is 9. The lowest BCUT2D eigenvalue weighted by Crippen LogP contribution is -2.66. The average molecular weight is 767 g/mol. The van der Waals surface area contributed by atoms with Crippen molar-refractivity contribution in [2.24, 2.45) is 0 Å². The summed E-state index contributed by atoms with van der Waals surface area (Å²) in [4.78, 5) is 0. The predicted molar refractivity (Wildman–Crippen MR) is 250 cm³/mol. The maximum Gasteiger partial charge on any atom is 0.230 e. The van der Waals surface area contributed by atoms with Gasteiger partial charge in [0.05, 0.1) is 0 Å². The number of hydrogen-bond donors (Lipinski definition) is 0. The lowest BCUT2D eigenvalue weighted by molar-refractivity contribution is 0.668. The van der Waals surface area contributed by atoms with Crippen LogP contribution in [0.4, 0.5) is 0 Å². The minimum atomic E-state index is -3.19. The fourth-order valence-corrected chi connectivity index (χ4v) is 13.2. The van der Waals surface area contributed by atoms with Gasteiger partial charge in [-0.1, -0.05) is 170 Å². The third kappa shape index (κ3) is 5.21. The smallest absolute Gasteiger partial charge is 0.230 e. The highest BCUT2D eigenvalue weighted by atomic mass is 28.3. The third-order valence-corrected chi connectivity index (χ3v) is 16.2. The molecule has 0 unspecified atom stereocenters. The maximum absolute atomic E-state index is 6.39. The van der Waals surface area contributed by atoms with Crippen molar-refractivity contribution >= 4 is 99.8 Å². The van der Waals surface area contributed by atoms with Crippen LogP contribution in [0.3, 0.4) is 0 Å². The van der Waals surface area contributed by atoms with Crippen LogP contribution in [0.5, 0.6) is 0 Å². The zero-order chi connectivity index (χ0) is 38.9. The first-order valence-electron chi connectivity index (χ1n) is 20.1. The summed E-state index contributed by atoms with van der Waals surface area (Å²) in [7, 11) is -3.19. The van der Waals surface area contributed by atoms with Crippen LogP contribution < -0.4 is 15.6 Å².